The molecule has 1 heterocycles. The van der Waals surface area contributed by atoms with Crippen molar-refractivity contribution < 1.29 is 9.15 Å². The second-order valence-corrected chi connectivity index (χ2v) is 5.95. The molecule has 0 aliphatic rings. The van der Waals surface area contributed by atoms with Gasteiger partial charge in [-0.1, -0.05) is 23.8 Å². The van der Waals surface area contributed by atoms with Crippen LogP contribution in [0, 0.1) is 20.8 Å². The number of hydrogen-bond acceptors (Lipinski definition) is 4. The Morgan fingerprint density at radius 2 is 1.71 bits per heavy atom. The predicted octanol–water partition coefficient (Wildman–Crippen LogP) is 2.96. The molecule has 5 heteroatoms. The molecule has 0 bridgehead atoms. The van der Waals surface area contributed by atoms with Crippen LogP contribution in [0.1, 0.15) is 16.7 Å². The van der Waals surface area contributed by atoms with Gasteiger partial charge in [-0.2, -0.15) is 0 Å². The number of aromatic nitrogens is 1. The van der Waals surface area contributed by atoms with Crippen molar-refractivity contribution in [3.8, 4) is 5.75 Å². The van der Waals surface area contributed by atoms with Crippen LogP contribution in [0.3, 0.4) is 0 Å². The van der Waals surface area contributed by atoms with Gasteiger partial charge in [-0.05, 0) is 50.1 Å². The van der Waals surface area contributed by atoms with Gasteiger partial charge in [-0.25, -0.2) is 9.59 Å². The molecule has 0 amide bonds. The van der Waals surface area contributed by atoms with Gasteiger partial charge in [0.2, 0.25) is 0 Å². The zero-order valence-corrected chi connectivity index (χ0v) is 14.0. The third kappa shape index (κ3) is 3.11. The Balaban J connectivity index is 1.89. The highest BCUT2D eigenvalue weighted by Crippen LogP contribution is 2.19. The third-order valence-electron chi connectivity index (χ3n) is 3.98. The highest BCUT2D eigenvalue weighted by molar-refractivity contribution is 5.78. The standard InChI is InChI=1S/C19H19NO4/c1-12-5-7-16-15(10-12)18(21)24-19(22)20(16)8-9-23-17-11-13(2)4-6-14(17)3/h4-7,10-11H,8-9H2,1-3H3. The van der Waals surface area contributed by atoms with E-state index < -0.39 is 11.4 Å². The van der Waals surface area contributed by atoms with Crippen molar-refractivity contribution in [2.24, 2.45) is 0 Å². The SMILES string of the molecule is Cc1ccc(C)c(OCCn2c(=O)oc(=O)c3cc(C)ccc32)c1. The molecule has 3 rings (SSSR count). The average molecular weight is 325 g/mol. The van der Waals surface area contributed by atoms with Crippen LogP contribution >= 0.6 is 0 Å². The predicted molar refractivity (Wildman–Crippen MR) is 92.9 cm³/mol. The van der Waals surface area contributed by atoms with Crippen LogP contribution in [0.5, 0.6) is 5.75 Å². The largest absolute Gasteiger partial charge is 0.491 e. The van der Waals surface area contributed by atoms with Crippen molar-refractivity contribution in [1.29, 1.82) is 0 Å². The fraction of sp³-hybridized carbons (Fsp3) is 0.263. The van der Waals surface area contributed by atoms with Crippen molar-refractivity contribution in [2.75, 3.05) is 6.61 Å². The molecule has 2 aromatic carbocycles. The van der Waals surface area contributed by atoms with E-state index in [4.69, 9.17) is 9.15 Å². The molecule has 5 nitrogen and oxygen atoms in total. The lowest BCUT2D eigenvalue weighted by Gasteiger charge is -2.12. The summed E-state index contributed by atoms with van der Waals surface area (Å²) in [4.78, 5) is 23.9. The molecule has 0 spiro atoms. The monoisotopic (exact) mass is 325 g/mol. The Hall–Kier alpha value is -2.82. The van der Waals surface area contributed by atoms with Crippen LogP contribution in [0.25, 0.3) is 10.9 Å². The quantitative estimate of drug-likeness (QED) is 0.740. The van der Waals surface area contributed by atoms with Crippen molar-refractivity contribution in [3.05, 3.63) is 74.1 Å². The molecule has 3 aromatic rings. The van der Waals surface area contributed by atoms with E-state index in [1.807, 2.05) is 45.0 Å². The first-order valence-corrected chi connectivity index (χ1v) is 7.80. The summed E-state index contributed by atoms with van der Waals surface area (Å²) in [6, 6.07) is 11.3. The summed E-state index contributed by atoms with van der Waals surface area (Å²) in [7, 11) is 0. The van der Waals surface area contributed by atoms with Crippen molar-refractivity contribution in [2.45, 2.75) is 27.3 Å². The maximum Gasteiger partial charge on any atom is 0.422 e. The van der Waals surface area contributed by atoms with E-state index in [1.165, 1.54) is 4.57 Å². The van der Waals surface area contributed by atoms with Gasteiger partial charge in [0, 0.05) is 0 Å². The molecule has 0 saturated carbocycles. The minimum atomic E-state index is -0.666. The summed E-state index contributed by atoms with van der Waals surface area (Å²) < 4.78 is 12.1. The highest BCUT2D eigenvalue weighted by Gasteiger charge is 2.10. The van der Waals surface area contributed by atoms with E-state index in [0.717, 1.165) is 22.4 Å². The molecule has 0 fully saturated rings. The van der Waals surface area contributed by atoms with Gasteiger partial charge < -0.3 is 9.15 Å². The molecule has 0 aliphatic carbocycles. The molecule has 24 heavy (non-hydrogen) atoms. The molecule has 0 saturated heterocycles. The van der Waals surface area contributed by atoms with Crippen LogP contribution in [-0.2, 0) is 6.54 Å². The summed E-state index contributed by atoms with van der Waals surface area (Å²) in [6.45, 7) is 6.47. The molecule has 0 radical (unpaired) electrons. The summed E-state index contributed by atoms with van der Waals surface area (Å²) in [5, 5.41) is 0.404. The summed E-state index contributed by atoms with van der Waals surface area (Å²) in [5.41, 5.74) is 3.04. The highest BCUT2D eigenvalue weighted by atomic mass is 16.5. The number of rotatable bonds is 4. The zero-order chi connectivity index (χ0) is 17.3. The van der Waals surface area contributed by atoms with E-state index >= 15 is 0 Å². The second kappa shape index (κ2) is 6.35. The Kier molecular flexibility index (Phi) is 4.25. The summed E-state index contributed by atoms with van der Waals surface area (Å²) in [6.07, 6.45) is 0. The lowest BCUT2D eigenvalue weighted by molar-refractivity contribution is 0.285. The van der Waals surface area contributed by atoms with Crippen LogP contribution in [0.4, 0.5) is 0 Å². The van der Waals surface area contributed by atoms with Gasteiger partial charge in [0.25, 0.3) is 0 Å². The number of benzene rings is 2. The van der Waals surface area contributed by atoms with E-state index in [-0.39, 0.29) is 0 Å². The first-order chi connectivity index (χ1) is 11.5. The molecule has 0 unspecified atom stereocenters. The Morgan fingerprint density at radius 3 is 2.50 bits per heavy atom. The maximum absolute atomic E-state index is 12.0. The maximum atomic E-state index is 12.0. The molecular weight excluding hydrogens is 306 g/mol. The number of aryl methyl sites for hydroxylation is 3. The summed E-state index contributed by atoms with van der Waals surface area (Å²) in [5.74, 6) is 0.126. The van der Waals surface area contributed by atoms with Gasteiger partial charge >= 0.3 is 11.4 Å². The van der Waals surface area contributed by atoms with Crippen molar-refractivity contribution >= 4 is 10.9 Å². The van der Waals surface area contributed by atoms with Gasteiger partial charge in [-0.3, -0.25) is 4.57 Å². The van der Waals surface area contributed by atoms with Gasteiger partial charge in [0.15, 0.2) is 0 Å². The molecule has 0 aliphatic heterocycles. The minimum Gasteiger partial charge on any atom is -0.491 e. The minimum absolute atomic E-state index is 0.301. The van der Waals surface area contributed by atoms with E-state index in [2.05, 4.69) is 0 Å². The lowest BCUT2D eigenvalue weighted by Crippen LogP contribution is -2.27. The molecule has 1 aromatic heterocycles. The fourth-order valence-corrected chi connectivity index (χ4v) is 2.66. The topological polar surface area (TPSA) is 61.4 Å². The lowest BCUT2D eigenvalue weighted by atomic mass is 10.1. The zero-order valence-electron chi connectivity index (χ0n) is 14.0. The first kappa shape index (κ1) is 16.1. The molecular formula is C19H19NO4. The Bertz CT molecular complexity index is 1010. The number of nitrogens with zero attached hydrogens (tertiary/aromatic N) is 1. The Morgan fingerprint density at radius 1 is 1.00 bits per heavy atom. The van der Waals surface area contributed by atoms with Gasteiger partial charge in [-0.15, -0.1) is 0 Å². The van der Waals surface area contributed by atoms with Gasteiger partial charge in [0.1, 0.15) is 12.4 Å². The van der Waals surface area contributed by atoms with Crippen LogP contribution in [0.15, 0.2) is 50.4 Å². The third-order valence-corrected chi connectivity index (χ3v) is 3.98. The average Bonchev–Trinajstić information content (AvgIpc) is 2.54. The molecule has 0 atom stereocenters. The first-order valence-electron chi connectivity index (χ1n) is 7.80. The van der Waals surface area contributed by atoms with E-state index in [1.54, 1.807) is 12.1 Å². The number of ether oxygens (including phenoxy) is 1. The smallest absolute Gasteiger partial charge is 0.422 e. The van der Waals surface area contributed by atoms with Crippen molar-refractivity contribution in [1.82, 2.24) is 4.57 Å². The molecule has 0 N–H and O–H groups in total. The van der Waals surface area contributed by atoms with E-state index in [0.29, 0.717) is 24.1 Å². The fourth-order valence-electron chi connectivity index (χ4n) is 2.66. The second-order valence-electron chi connectivity index (χ2n) is 5.95. The summed E-state index contributed by atoms with van der Waals surface area (Å²) >= 11 is 0. The number of hydrogen-bond donors (Lipinski definition) is 0. The van der Waals surface area contributed by atoms with Crippen LogP contribution in [-0.4, -0.2) is 11.2 Å². The number of fused-ring (bicyclic) bond motifs is 1. The Labute approximate surface area is 139 Å². The normalized spacial score (nSPS) is 11.0. The van der Waals surface area contributed by atoms with Crippen molar-refractivity contribution in [3.63, 3.8) is 0 Å². The van der Waals surface area contributed by atoms with Gasteiger partial charge in [0.05, 0.1) is 17.4 Å². The van der Waals surface area contributed by atoms with Crippen LogP contribution in [0.2, 0.25) is 0 Å². The van der Waals surface area contributed by atoms with Crippen LogP contribution < -0.4 is 16.1 Å². The van der Waals surface area contributed by atoms with E-state index in [9.17, 15) is 9.59 Å². The molecule has 124 valence electrons.